The molecule has 3 rings (SSSR count). The van der Waals surface area contributed by atoms with Crippen LogP contribution >= 0.6 is 34.8 Å². The number of benzene rings is 2. The van der Waals surface area contributed by atoms with Gasteiger partial charge < -0.3 is 10.6 Å². The summed E-state index contributed by atoms with van der Waals surface area (Å²) >= 11 is 18.0. The normalized spacial score (nSPS) is 10.3. The summed E-state index contributed by atoms with van der Waals surface area (Å²) in [7, 11) is 1.68. The van der Waals surface area contributed by atoms with Crippen LogP contribution in [-0.2, 0) is 16.6 Å². The molecule has 0 radical (unpaired) electrons. The van der Waals surface area contributed by atoms with Gasteiger partial charge >= 0.3 is 0 Å². The number of rotatable bonds is 5. The third kappa shape index (κ3) is 5.60. The lowest BCUT2D eigenvalue weighted by molar-refractivity contribution is -0.118. The fraction of sp³-hybridized carbons (Fsp3) is 0.0500. The second kappa shape index (κ2) is 9.13. The number of carbonyl (C=O) groups is 2. The first kappa shape index (κ1) is 20.9. The molecule has 148 valence electrons. The van der Waals surface area contributed by atoms with E-state index in [-0.39, 0.29) is 10.7 Å². The van der Waals surface area contributed by atoms with Crippen LogP contribution < -0.4 is 10.6 Å². The van der Waals surface area contributed by atoms with Crippen LogP contribution in [0.25, 0.3) is 6.08 Å². The predicted molar refractivity (Wildman–Crippen MR) is 116 cm³/mol. The van der Waals surface area contributed by atoms with E-state index in [0.717, 1.165) is 0 Å². The number of nitrogens with one attached hydrogen (secondary N) is 2. The van der Waals surface area contributed by atoms with E-state index >= 15 is 0 Å². The molecule has 1 aromatic heterocycles. The van der Waals surface area contributed by atoms with E-state index in [0.29, 0.717) is 27.0 Å². The van der Waals surface area contributed by atoms with Gasteiger partial charge in [0.1, 0.15) is 5.57 Å². The molecule has 2 aromatic carbocycles. The zero-order chi connectivity index (χ0) is 21.0. The molecule has 0 saturated carbocycles. The molecule has 2 amide bonds. The number of nitrogens with zero attached hydrogens (tertiary/aromatic N) is 2. The minimum atomic E-state index is -0.633. The van der Waals surface area contributed by atoms with E-state index in [2.05, 4.69) is 15.7 Å². The average Bonchev–Trinajstić information content (AvgIpc) is 2.96. The molecule has 29 heavy (non-hydrogen) atoms. The number of halogens is 3. The van der Waals surface area contributed by atoms with Crippen molar-refractivity contribution in [1.29, 1.82) is 0 Å². The molecule has 0 fully saturated rings. The van der Waals surface area contributed by atoms with Crippen LogP contribution in [0.4, 0.5) is 11.4 Å². The third-order valence-corrected chi connectivity index (χ3v) is 4.53. The van der Waals surface area contributed by atoms with Crippen LogP contribution in [0.1, 0.15) is 5.56 Å². The fourth-order valence-corrected chi connectivity index (χ4v) is 3.10. The standard InChI is InChI=1S/C20H15Cl3N4O2/c1-27-11-12(18(23)26-27)8-17(19(28)24-15-6-2-4-13(21)9-15)20(29)25-16-7-3-5-14(22)10-16/h2-11H,1H3,(H,24,28)(H,25,29). The Morgan fingerprint density at radius 1 is 0.931 bits per heavy atom. The van der Waals surface area contributed by atoms with Crippen molar-refractivity contribution in [1.82, 2.24) is 9.78 Å². The quantitative estimate of drug-likeness (QED) is 0.325. The summed E-state index contributed by atoms with van der Waals surface area (Å²) in [5.74, 6) is -1.27. The highest BCUT2D eigenvalue weighted by atomic mass is 35.5. The molecule has 9 heteroatoms. The number of aryl methyl sites for hydroxylation is 1. The smallest absolute Gasteiger partial charge is 0.261 e. The van der Waals surface area contributed by atoms with Crippen molar-refractivity contribution in [2.24, 2.45) is 7.05 Å². The number of aromatic nitrogens is 2. The Hall–Kier alpha value is -2.80. The summed E-state index contributed by atoms with van der Waals surface area (Å²) in [6.45, 7) is 0. The zero-order valence-corrected chi connectivity index (χ0v) is 17.4. The zero-order valence-electron chi connectivity index (χ0n) is 15.1. The number of hydrogen-bond acceptors (Lipinski definition) is 3. The molecule has 0 atom stereocenters. The van der Waals surface area contributed by atoms with Crippen LogP contribution in [0, 0.1) is 0 Å². The first-order valence-corrected chi connectivity index (χ1v) is 9.50. The van der Waals surface area contributed by atoms with E-state index in [4.69, 9.17) is 34.8 Å². The van der Waals surface area contributed by atoms with E-state index in [1.807, 2.05) is 0 Å². The van der Waals surface area contributed by atoms with Crippen LogP contribution in [0.2, 0.25) is 15.2 Å². The molecular weight excluding hydrogens is 435 g/mol. The predicted octanol–water partition coefficient (Wildman–Crippen LogP) is 5.04. The minimum Gasteiger partial charge on any atom is -0.322 e. The highest BCUT2D eigenvalue weighted by Gasteiger charge is 2.20. The summed E-state index contributed by atoms with van der Waals surface area (Å²) < 4.78 is 1.48. The molecule has 0 aliphatic carbocycles. The molecule has 6 nitrogen and oxygen atoms in total. The summed E-state index contributed by atoms with van der Waals surface area (Å²) in [6, 6.07) is 13.2. The third-order valence-electron chi connectivity index (χ3n) is 3.76. The maximum atomic E-state index is 12.9. The lowest BCUT2D eigenvalue weighted by Crippen LogP contribution is -2.25. The maximum Gasteiger partial charge on any atom is 0.261 e. The number of amides is 2. The molecular formula is C20H15Cl3N4O2. The molecule has 3 aromatic rings. The van der Waals surface area contributed by atoms with E-state index in [1.165, 1.54) is 10.8 Å². The van der Waals surface area contributed by atoms with Crippen molar-refractivity contribution < 1.29 is 9.59 Å². The van der Waals surface area contributed by atoms with E-state index in [1.54, 1.807) is 61.8 Å². The Labute approximate surface area is 182 Å². The maximum absolute atomic E-state index is 12.9. The second-order valence-corrected chi connectivity index (χ2v) is 7.27. The number of carbonyl (C=O) groups excluding carboxylic acids is 2. The monoisotopic (exact) mass is 448 g/mol. The van der Waals surface area contributed by atoms with Crippen LogP contribution in [0.15, 0.2) is 60.3 Å². The minimum absolute atomic E-state index is 0.163. The van der Waals surface area contributed by atoms with Gasteiger partial charge in [0, 0.05) is 40.2 Å². The van der Waals surface area contributed by atoms with Crippen LogP contribution in [0.3, 0.4) is 0 Å². The highest BCUT2D eigenvalue weighted by molar-refractivity contribution is 6.33. The highest BCUT2D eigenvalue weighted by Crippen LogP contribution is 2.21. The molecule has 0 bridgehead atoms. The lowest BCUT2D eigenvalue weighted by atomic mass is 10.1. The van der Waals surface area contributed by atoms with Crippen molar-refractivity contribution in [3.8, 4) is 0 Å². The Kier molecular flexibility index (Phi) is 6.59. The van der Waals surface area contributed by atoms with Gasteiger partial charge in [0.25, 0.3) is 11.8 Å². The van der Waals surface area contributed by atoms with E-state index in [9.17, 15) is 9.59 Å². The van der Waals surface area contributed by atoms with Gasteiger partial charge in [0.2, 0.25) is 0 Å². The largest absolute Gasteiger partial charge is 0.322 e. The van der Waals surface area contributed by atoms with E-state index < -0.39 is 11.8 Å². The molecule has 2 N–H and O–H groups in total. The van der Waals surface area contributed by atoms with Gasteiger partial charge in [-0.1, -0.05) is 46.9 Å². The Morgan fingerprint density at radius 3 is 1.86 bits per heavy atom. The average molecular weight is 450 g/mol. The first-order valence-electron chi connectivity index (χ1n) is 8.36. The van der Waals surface area contributed by atoms with Gasteiger partial charge in [-0.15, -0.1) is 0 Å². The fourth-order valence-electron chi connectivity index (χ4n) is 2.50. The Balaban J connectivity index is 1.93. The number of anilines is 2. The summed E-state index contributed by atoms with van der Waals surface area (Å²) in [5.41, 5.74) is 1.15. The molecule has 0 unspecified atom stereocenters. The lowest BCUT2D eigenvalue weighted by Gasteiger charge is -2.10. The van der Waals surface area contributed by atoms with Crippen molar-refractivity contribution in [2.75, 3.05) is 10.6 Å². The summed E-state index contributed by atoms with van der Waals surface area (Å²) in [6.07, 6.45) is 2.97. The van der Waals surface area contributed by atoms with Gasteiger partial charge in [-0.3, -0.25) is 14.3 Å². The van der Waals surface area contributed by atoms with Crippen molar-refractivity contribution in [3.05, 3.63) is 81.1 Å². The molecule has 0 spiro atoms. The van der Waals surface area contributed by atoms with Crippen molar-refractivity contribution in [3.63, 3.8) is 0 Å². The topological polar surface area (TPSA) is 76.0 Å². The van der Waals surface area contributed by atoms with Gasteiger partial charge in [0.05, 0.1) is 0 Å². The SMILES string of the molecule is Cn1cc(C=C(C(=O)Nc2cccc(Cl)c2)C(=O)Nc2cccc(Cl)c2)c(Cl)n1. The van der Waals surface area contributed by atoms with Gasteiger partial charge in [-0.2, -0.15) is 5.10 Å². The summed E-state index contributed by atoms with van der Waals surface area (Å²) in [4.78, 5) is 25.7. The molecule has 0 aliphatic rings. The van der Waals surface area contributed by atoms with Crippen LogP contribution in [-0.4, -0.2) is 21.6 Å². The van der Waals surface area contributed by atoms with Gasteiger partial charge in [0.15, 0.2) is 5.15 Å². The van der Waals surface area contributed by atoms with Crippen molar-refractivity contribution in [2.45, 2.75) is 0 Å². The van der Waals surface area contributed by atoms with Crippen LogP contribution in [0.5, 0.6) is 0 Å². The Morgan fingerprint density at radius 2 is 1.45 bits per heavy atom. The van der Waals surface area contributed by atoms with Gasteiger partial charge in [-0.25, -0.2) is 0 Å². The second-order valence-electron chi connectivity index (χ2n) is 6.04. The van der Waals surface area contributed by atoms with Gasteiger partial charge in [-0.05, 0) is 42.5 Å². The molecule has 0 saturated heterocycles. The molecule has 0 aliphatic heterocycles. The summed E-state index contributed by atoms with van der Waals surface area (Å²) in [5, 5.41) is 10.4. The molecule has 1 heterocycles. The van der Waals surface area contributed by atoms with Crippen molar-refractivity contribution >= 4 is 64.1 Å². The number of hydrogen-bond donors (Lipinski definition) is 2. The first-order chi connectivity index (χ1) is 13.8. The Bertz CT molecular complexity index is 1050.